The van der Waals surface area contributed by atoms with E-state index in [1.807, 2.05) is 0 Å². The first kappa shape index (κ1) is 10.1. The lowest BCUT2D eigenvalue weighted by molar-refractivity contribution is -0.124. The van der Waals surface area contributed by atoms with E-state index in [0.717, 1.165) is 19.4 Å². The molecule has 1 aliphatic rings. The van der Waals surface area contributed by atoms with E-state index < -0.39 is 0 Å². The predicted octanol–water partition coefficient (Wildman–Crippen LogP) is 0.413. The molecule has 17 heavy (non-hydrogen) atoms. The second-order valence-corrected chi connectivity index (χ2v) is 3.98. The fourth-order valence-electron chi connectivity index (χ4n) is 1.97. The molecule has 1 fully saturated rings. The molecule has 6 nitrogen and oxygen atoms in total. The van der Waals surface area contributed by atoms with Crippen molar-refractivity contribution in [3.8, 4) is 0 Å². The number of hydrogen-bond acceptors (Lipinski definition) is 5. The zero-order chi connectivity index (χ0) is 11.7. The summed E-state index contributed by atoms with van der Waals surface area (Å²) in [5, 5.41) is 2.82. The van der Waals surface area contributed by atoms with Gasteiger partial charge in [-0.1, -0.05) is 0 Å². The molecule has 1 aliphatic heterocycles. The second kappa shape index (κ2) is 4.04. The molecular weight excluding hydrogens is 218 g/mol. The number of hydrogen-bond donors (Lipinski definition) is 1. The van der Waals surface area contributed by atoms with Crippen LogP contribution in [-0.4, -0.2) is 32.4 Å². The highest BCUT2D eigenvalue weighted by atomic mass is 16.1. The zero-order valence-electron chi connectivity index (χ0n) is 9.13. The fraction of sp³-hybridized carbons (Fsp3) is 0.364. The molecule has 0 radical (unpaired) electrons. The van der Waals surface area contributed by atoms with E-state index in [4.69, 9.17) is 0 Å². The van der Waals surface area contributed by atoms with E-state index in [1.165, 1.54) is 0 Å². The Bertz CT molecular complexity index is 571. The number of piperidine rings is 1. The third-order valence-electron chi connectivity index (χ3n) is 2.84. The average Bonchev–Trinajstić information content (AvgIpc) is 2.39. The highest BCUT2D eigenvalue weighted by Crippen LogP contribution is 2.21. The van der Waals surface area contributed by atoms with Crippen LogP contribution in [0.4, 0.5) is 0 Å². The molecule has 0 saturated carbocycles. The normalized spacial score (nSPS) is 20.2. The summed E-state index contributed by atoms with van der Waals surface area (Å²) in [6, 6.07) is 0. The van der Waals surface area contributed by atoms with Crippen LogP contribution in [0.15, 0.2) is 18.6 Å². The molecule has 1 unspecified atom stereocenters. The molecule has 1 atom stereocenters. The summed E-state index contributed by atoms with van der Waals surface area (Å²) >= 11 is 0. The van der Waals surface area contributed by atoms with Gasteiger partial charge in [-0.25, -0.2) is 19.9 Å². The Labute approximate surface area is 97.5 Å². The molecule has 1 N–H and O–H groups in total. The summed E-state index contributed by atoms with van der Waals surface area (Å²) in [5.74, 6) is 0.282. The van der Waals surface area contributed by atoms with Gasteiger partial charge in [-0.2, -0.15) is 0 Å². The SMILES string of the molecule is O=C1NCCCC1c1ncc2nccnc2n1. The summed E-state index contributed by atoms with van der Waals surface area (Å²) in [7, 11) is 0. The van der Waals surface area contributed by atoms with Gasteiger partial charge in [0.1, 0.15) is 11.3 Å². The standard InChI is InChI=1S/C11H11N5O/c17-11-7(2-1-3-14-11)9-15-6-8-10(16-9)13-5-4-12-8/h4-7H,1-3H2,(H,14,17). The number of carbonyl (C=O) groups excluding carboxylic acids is 1. The minimum atomic E-state index is -0.254. The first-order chi connectivity index (χ1) is 8.34. The second-order valence-electron chi connectivity index (χ2n) is 3.98. The number of carbonyl (C=O) groups is 1. The molecular formula is C11H11N5O. The molecule has 2 aromatic heterocycles. The molecule has 2 aromatic rings. The molecule has 1 amide bonds. The molecule has 86 valence electrons. The number of nitrogens with zero attached hydrogens (tertiary/aromatic N) is 4. The maximum atomic E-state index is 11.7. The monoisotopic (exact) mass is 229 g/mol. The topological polar surface area (TPSA) is 80.7 Å². The number of amides is 1. The maximum absolute atomic E-state index is 11.7. The van der Waals surface area contributed by atoms with Gasteiger partial charge in [0.05, 0.1) is 12.1 Å². The molecule has 3 rings (SSSR count). The third-order valence-corrected chi connectivity index (χ3v) is 2.84. The van der Waals surface area contributed by atoms with Gasteiger partial charge in [0, 0.05) is 18.9 Å². The smallest absolute Gasteiger partial charge is 0.230 e. The van der Waals surface area contributed by atoms with Gasteiger partial charge in [-0.15, -0.1) is 0 Å². The van der Waals surface area contributed by atoms with Gasteiger partial charge < -0.3 is 5.32 Å². The molecule has 6 heteroatoms. The first-order valence-corrected chi connectivity index (χ1v) is 5.56. The summed E-state index contributed by atoms with van der Waals surface area (Å²) in [6.45, 7) is 0.739. The lowest BCUT2D eigenvalue weighted by Gasteiger charge is -2.20. The van der Waals surface area contributed by atoms with Crippen molar-refractivity contribution in [1.29, 1.82) is 0 Å². The molecule has 0 bridgehead atoms. The van der Waals surface area contributed by atoms with Gasteiger partial charge in [0.15, 0.2) is 5.65 Å². The summed E-state index contributed by atoms with van der Waals surface area (Å²) in [4.78, 5) is 28.4. The highest BCUT2D eigenvalue weighted by Gasteiger charge is 2.26. The number of fused-ring (bicyclic) bond motifs is 1. The van der Waals surface area contributed by atoms with Gasteiger partial charge in [-0.05, 0) is 12.8 Å². The number of aromatic nitrogens is 4. The largest absolute Gasteiger partial charge is 0.355 e. The van der Waals surface area contributed by atoms with Gasteiger partial charge in [-0.3, -0.25) is 4.79 Å². The Hall–Kier alpha value is -2.11. The van der Waals surface area contributed by atoms with E-state index in [0.29, 0.717) is 17.0 Å². The van der Waals surface area contributed by atoms with Crippen molar-refractivity contribution in [3.05, 3.63) is 24.4 Å². The fourth-order valence-corrected chi connectivity index (χ4v) is 1.97. The lowest BCUT2D eigenvalue weighted by atomic mass is 9.98. The predicted molar refractivity (Wildman–Crippen MR) is 60.1 cm³/mol. The van der Waals surface area contributed by atoms with Crippen LogP contribution in [0.3, 0.4) is 0 Å². The average molecular weight is 229 g/mol. The third kappa shape index (κ3) is 1.82. The Balaban J connectivity index is 2.02. The molecule has 0 aliphatic carbocycles. The molecule has 0 aromatic carbocycles. The minimum Gasteiger partial charge on any atom is -0.355 e. The van der Waals surface area contributed by atoms with E-state index >= 15 is 0 Å². The number of rotatable bonds is 1. The van der Waals surface area contributed by atoms with Crippen molar-refractivity contribution in [3.63, 3.8) is 0 Å². The van der Waals surface area contributed by atoms with E-state index in [2.05, 4.69) is 25.3 Å². The zero-order valence-corrected chi connectivity index (χ0v) is 9.13. The van der Waals surface area contributed by atoms with E-state index in [-0.39, 0.29) is 11.8 Å². The van der Waals surface area contributed by atoms with Crippen molar-refractivity contribution < 1.29 is 4.79 Å². The van der Waals surface area contributed by atoms with Crippen molar-refractivity contribution in [1.82, 2.24) is 25.3 Å². The Morgan fingerprint density at radius 1 is 1.24 bits per heavy atom. The van der Waals surface area contributed by atoms with Crippen LogP contribution >= 0.6 is 0 Å². The summed E-state index contributed by atoms with van der Waals surface area (Å²) in [5.41, 5.74) is 1.18. The van der Waals surface area contributed by atoms with Crippen LogP contribution in [0.1, 0.15) is 24.6 Å². The van der Waals surface area contributed by atoms with E-state index in [9.17, 15) is 4.79 Å². The van der Waals surface area contributed by atoms with Gasteiger partial charge in [0.25, 0.3) is 0 Å². The van der Waals surface area contributed by atoms with Crippen molar-refractivity contribution in [2.75, 3.05) is 6.54 Å². The van der Waals surface area contributed by atoms with Crippen LogP contribution in [0.5, 0.6) is 0 Å². The lowest BCUT2D eigenvalue weighted by Crippen LogP contribution is -2.35. The van der Waals surface area contributed by atoms with Gasteiger partial charge >= 0.3 is 0 Å². The van der Waals surface area contributed by atoms with Crippen LogP contribution in [0.2, 0.25) is 0 Å². The minimum absolute atomic E-state index is 0.000472. The summed E-state index contributed by atoms with van der Waals surface area (Å²) in [6.07, 6.45) is 6.54. The maximum Gasteiger partial charge on any atom is 0.230 e. The van der Waals surface area contributed by atoms with Crippen LogP contribution < -0.4 is 5.32 Å². The molecule has 1 saturated heterocycles. The van der Waals surface area contributed by atoms with Crippen molar-refractivity contribution >= 4 is 17.1 Å². The van der Waals surface area contributed by atoms with Crippen LogP contribution in [0.25, 0.3) is 11.2 Å². The van der Waals surface area contributed by atoms with Crippen molar-refractivity contribution in [2.45, 2.75) is 18.8 Å². The Kier molecular flexibility index (Phi) is 2.40. The Morgan fingerprint density at radius 3 is 3.00 bits per heavy atom. The molecule has 3 heterocycles. The quantitative estimate of drug-likeness (QED) is 0.766. The molecule has 0 spiro atoms. The van der Waals surface area contributed by atoms with Crippen LogP contribution in [-0.2, 0) is 4.79 Å². The Morgan fingerprint density at radius 2 is 2.12 bits per heavy atom. The van der Waals surface area contributed by atoms with Gasteiger partial charge in [0.2, 0.25) is 5.91 Å². The number of nitrogens with one attached hydrogen (secondary N) is 1. The van der Waals surface area contributed by atoms with Crippen molar-refractivity contribution in [2.24, 2.45) is 0 Å². The highest BCUT2D eigenvalue weighted by molar-refractivity contribution is 5.83. The van der Waals surface area contributed by atoms with E-state index in [1.54, 1.807) is 18.6 Å². The van der Waals surface area contributed by atoms with Crippen LogP contribution in [0, 0.1) is 0 Å². The summed E-state index contributed by atoms with van der Waals surface area (Å²) < 4.78 is 0. The first-order valence-electron chi connectivity index (χ1n) is 5.56.